The molecule has 1 fully saturated rings. The molecule has 0 aromatic heterocycles. The van der Waals surface area contributed by atoms with Crippen LogP contribution in [0.25, 0.3) is 0 Å². The lowest BCUT2D eigenvalue weighted by molar-refractivity contribution is -0.429. The molecule has 1 saturated heterocycles. The van der Waals surface area contributed by atoms with Crippen molar-refractivity contribution < 1.29 is 18.9 Å². The van der Waals surface area contributed by atoms with Crippen LogP contribution < -0.4 is 0 Å². The molecule has 1 unspecified atom stereocenters. The minimum absolute atomic E-state index is 0.105. The number of rotatable bonds is 12. The van der Waals surface area contributed by atoms with Crippen molar-refractivity contribution in [3.05, 3.63) is 0 Å². The molecule has 0 aliphatic carbocycles. The monoisotopic (exact) mass is 302 g/mol. The maximum Gasteiger partial charge on any atom is 0.310 e. The van der Waals surface area contributed by atoms with Crippen LogP contribution in [-0.4, -0.2) is 38.5 Å². The number of hydrogen-bond donors (Lipinski definition) is 0. The number of ether oxygens (including phenoxy) is 4. The van der Waals surface area contributed by atoms with Crippen LogP contribution in [0.2, 0.25) is 0 Å². The Morgan fingerprint density at radius 2 is 1.48 bits per heavy atom. The van der Waals surface area contributed by atoms with Crippen LogP contribution in [0.3, 0.4) is 0 Å². The molecule has 1 aliphatic heterocycles. The van der Waals surface area contributed by atoms with Gasteiger partial charge in [-0.2, -0.15) is 0 Å². The summed E-state index contributed by atoms with van der Waals surface area (Å²) < 4.78 is 24.0. The molecule has 21 heavy (non-hydrogen) atoms. The Balaban J connectivity index is 2.61. The topological polar surface area (TPSA) is 36.9 Å². The minimum Gasteiger partial charge on any atom is -0.370 e. The highest BCUT2D eigenvalue weighted by Crippen LogP contribution is 2.31. The van der Waals surface area contributed by atoms with Crippen molar-refractivity contribution in [2.45, 2.75) is 84.2 Å². The van der Waals surface area contributed by atoms with Gasteiger partial charge in [-0.1, -0.05) is 40.0 Å². The summed E-state index contributed by atoms with van der Waals surface area (Å²) in [5.41, 5.74) is 0. The molecule has 1 aliphatic rings. The molecule has 1 rings (SSSR count). The lowest BCUT2D eigenvalue weighted by atomic mass is 10.1. The van der Waals surface area contributed by atoms with E-state index in [0.29, 0.717) is 19.8 Å². The molecular weight excluding hydrogens is 268 g/mol. The summed E-state index contributed by atoms with van der Waals surface area (Å²) in [6.45, 7) is 9.25. The number of hydrogen-bond acceptors (Lipinski definition) is 4. The van der Waals surface area contributed by atoms with Crippen molar-refractivity contribution in [1.82, 2.24) is 0 Å². The molecule has 4 nitrogen and oxygen atoms in total. The molecule has 0 aromatic carbocycles. The molecular formula is C17H34O4. The Bertz CT molecular complexity index is 235. The maximum atomic E-state index is 6.03. The molecule has 0 amide bonds. The van der Waals surface area contributed by atoms with E-state index >= 15 is 0 Å². The number of unbranched alkanes of at least 4 members (excludes halogenated alkanes) is 3. The first-order valence-electron chi connectivity index (χ1n) is 8.82. The van der Waals surface area contributed by atoms with Gasteiger partial charge < -0.3 is 18.9 Å². The molecule has 0 aromatic rings. The van der Waals surface area contributed by atoms with Crippen LogP contribution in [0.4, 0.5) is 0 Å². The fourth-order valence-corrected chi connectivity index (χ4v) is 2.34. The second-order valence-corrected chi connectivity index (χ2v) is 5.71. The Kier molecular flexibility index (Phi) is 10.3. The van der Waals surface area contributed by atoms with Crippen LogP contribution in [0.15, 0.2) is 0 Å². The molecule has 4 heteroatoms. The summed E-state index contributed by atoms with van der Waals surface area (Å²) in [7, 11) is 0. The van der Waals surface area contributed by atoms with E-state index in [9.17, 15) is 0 Å². The van der Waals surface area contributed by atoms with Gasteiger partial charge in [-0.3, -0.25) is 0 Å². The first-order chi connectivity index (χ1) is 10.3. The minimum atomic E-state index is -0.976. The lowest BCUT2D eigenvalue weighted by Gasteiger charge is -2.42. The Hall–Kier alpha value is -0.160. The highest BCUT2D eigenvalue weighted by Gasteiger charge is 2.46. The van der Waals surface area contributed by atoms with Crippen molar-refractivity contribution >= 4 is 0 Å². The second-order valence-electron chi connectivity index (χ2n) is 5.71. The van der Waals surface area contributed by atoms with Crippen molar-refractivity contribution in [3.63, 3.8) is 0 Å². The zero-order chi connectivity index (χ0) is 15.4. The average molecular weight is 302 g/mol. The molecule has 0 N–H and O–H groups in total. The van der Waals surface area contributed by atoms with E-state index in [-0.39, 0.29) is 6.10 Å². The predicted molar refractivity (Wildman–Crippen MR) is 84.3 cm³/mol. The largest absolute Gasteiger partial charge is 0.370 e. The van der Waals surface area contributed by atoms with Gasteiger partial charge in [-0.05, 0) is 32.1 Å². The van der Waals surface area contributed by atoms with Crippen molar-refractivity contribution in [3.8, 4) is 0 Å². The lowest BCUT2D eigenvalue weighted by Crippen LogP contribution is -2.54. The van der Waals surface area contributed by atoms with Gasteiger partial charge >= 0.3 is 5.97 Å². The van der Waals surface area contributed by atoms with Crippen LogP contribution in [-0.2, 0) is 18.9 Å². The molecule has 0 saturated carbocycles. The van der Waals surface area contributed by atoms with E-state index in [1.807, 2.05) is 0 Å². The van der Waals surface area contributed by atoms with Crippen molar-refractivity contribution in [1.29, 1.82) is 0 Å². The highest BCUT2D eigenvalue weighted by molar-refractivity contribution is 4.77. The second kappa shape index (κ2) is 11.4. The first kappa shape index (κ1) is 18.9. The quantitative estimate of drug-likeness (QED) is 0.398. The SMILES string of the molecule is CCCCOC1CCCOC1(OCCCC)OCCCC. The molecule has 0 radical (unpaired) electrons. The Morgan fingerprint density at radius 3 is 2.05 bits per heavy atom. The van der Waals surface area contributed by atoms with E-state index in [2.05, 4.69) is 20.8 Å². The predicted octanol–water partition coefficient (Wildman–Crippen LogP) is 4.27. The third-order valence-corrected chi connectivity index (χ3v) is 3.73. The van der Waals surface area contributed by atoms with Crippen LogP contribution in [0.5, 0.6) is 0 Å². The standard InChI is InChI=1S/C17H34O4/c1-4-7-12-18-16-11-10-15-21-17(16,19-13-8-5-2)20-14-9-6-3/h16H,4-15H2,1-3H3. The molecule has 1 atom stereocenters. The molecule has 1 heterocycles. The summed E-state index contributed by atoms with van der Waals surface area (Å²) >= 11 is 0. The fourth-order valence-electron chi connectivity index (χ4n) is 2.34. The summed E-state index contributed by atoms with van der Waals surface area (Å²) in [5, 5.41) is 0. The Morgan fingerprint density at radius 1 is 0.905 bits per heavy atom. The van der Waals surface area contributed by atoms with E-state index < -0.39 is 5.97 Å². The zero-order valence-corrected chi connectivity index (χ0v) is 14.2. The smallest absolute Gasteiger partial charge is 0.310 e. The highest BCUT2D eigenvalue weighted by atomic mass is 16.9. The van der Waals surface area contributed by atoms with E-state index in [1.54, 1.807) is 0 Å². The summed E-state index contributed by atoms with van der Waals surface area (Å²) in [5.74, 6) is -0.976. The van der Waals surface area contributed by atoms with Gasteiger partial charge in [0.15, 0.2) is 0 Å². The Labute approximate surface area is 130 Å². The van der Waals surface area contributed by atoms with Crippen molar-refractivity contribution in [2.24, 2.45) is 0 Å². The first-order valence-corrected chi connectivity index (χ1v) is 8.82. The maximum absolute atomic E-state index is 6.03. The van der Waals surface area contributed by atoms with E-state index in [4.69, 9.17) is 18.9 Å². The van der Waals surface area contributed by atoms with Gasteiger partial charge in [0.05, 0.1) is 19.8 Å². The van der Waals surface area contributed by atoms with Crippen molar-refractivity contribution in [2.75, 3.05) is 26.4 Å². The summed E-state index contributed by atoms with van der Waals surface area (Å²) in [6.07, 6.45) is 8.29. The summed E-state index contributed by atoms with van der Waals surface area (Å²) in [6, 6.07) is 0. The van der Waals surface area contributed by atoms with Crippen LogP contribution in [0, 0.1) is 0 Å². The van der Waals surface area contributed by atoms with Gasteiger partial charge in [0.25, 0.3) is 0 Å². The normalized spacial score (nSPS) is 21.6. The van der Waals surface area contributed by atoms with E-state index in [1.165, 1.54) is 0 Å². The van der Waals surface area contributed by atoms with Gasteiger partial charge in [0.1, 0.15) is 6.10 Å². The molecule has 126 valence electrons. The van der Waals surface area contributed by atoms with Crippen LogP contribution in [0.1, 0.15) is 72.1 Å². The third-order valence-electron chi connectivity index (χ3n) is 3.73. The van der Waals surface area contributed by atoms with Gasteiger partial charge in [-0.25, -0.2) is 0 Å². The van der Waals surface area contributed by atoms with Crippen LogP contribution >= 0.6 is 0 Å². The fraction of sp³-hybridized carbons (Fsp3) is 1.00. The average Bonchev–Trinajstić information content (AvgIpc) is 2.50. The van der Waals surface area contributed by atoms with E-state index in [0.717, 1.165) is 58.0 Å². The third kappa shape index (κ3) is 6.64. The summed E-state index contributed by atoms with van der Waals surface area (Å²) in [4.78, 5) is 0. The van der Waals surface area contributed by atoms with Gasteiger partial charge in [0.2, 0.25) is 0 Å². The zero-order valence-electron chi connectivity index (χ0n) is 14.2. The van der Waals surface area contributed by atoms with Gasteiger partial charge in [-0.15, -0.1) is 0 Å². The molecule has 0 bridgehead atoms. The van der Waals surface area contributed by atoms with Gasteiger partial charge in [0, 0.05) is 6.61 Å². The molecule has 0 spiro atoms.